The van der Waals surface area contributed by atoms with Crippen LogP contribution in [-0.2, 0) is 4.79 Å². The van der Waals surface area contributed by atoms with Crippen LogP contribution in [0.3, 0.4) is 0 Å². The first-order valence-electron chi connectivity index (χ1n) is 13.7. The van der Waals surface area contributed by atoms with Crippen LogP contribution in [0.2, 0.25) is 0 Å². The van der Waals surface area contributed by atoms with Crippen LogP contribution in [0.4, 0.5) is 5.82 Å². The zero-order chi connectivity index (χ0) is 27.4. The first-order valence-corrected chi connectivity index (χ1v) is 13.7. The minimum Gasteiger partial charge on any atom is -0.457 e. The third-order valence-corrected chi connectivity index (χ3v) is 7.39. The Morgan fingerprint density at radius 1 is 1.03 bits per heavy atom. The fourth-order valence-corrected chi connectivity index (χ4v) is 5.35. The van der Waals surface area contributed by atoms with E-state index in [0.717, 1.165) is 65.9 Å². The standard InChI is InChI=1S/C30H37N7O2/c1-19(2)17-25(32-3)30(38)35-21-11-13-22(14-12-21)37-29-26(28(31)33-18-34-29)27(36-37)20-9-15-24(16-10-20)39-23-7-5-4-6-8-23/h4-10,15-16,18-19,21-22,25,32H,11-14,17H2,1-3H3,(H,35,38)(H2,31,33,34)/t21-,22+,25-/m0/s1. The summed E-state index contributed by atoms with van der Waals surface area (Å²) >= 11 is 0. The molecule has 204 valence electrons. The fraction of sp³-hybridized carbons (Fsp3) is 0.400. The molecule has 1 saturated carbocycles. The average Bonchev–Trinajstić information content (AvgIpc) is 3.34. The number of nitrogens with one attached hydrogen (secondary N) is 2. The van der Waals surface area contributed by atoms with E-state index < -0.39 is 0 Å². The lowest BCUT2D eigenvalue weighted by atomic mass is 9.90. The van der Waals surface area contributed by atoms with Gasteiger partial charge in [0.25, 0.3) is 0 Å². The number of hydrogen-bond acceptors (Lipinski definition) is 7. The number of nitrogens with zero attached hydrogens (tertiary/aromatic N) is 4. The summed E-state index contributed by atoms with van der Waals surface area (Å²) in [4.78, 5) is 21.6. The Balaban J connectivity index is 1.32. The zero-order valence-electron chi connectivity index (χ0n) is 22.8. The monoisotopic (exact) mass is 527 g/mol. The summed E-state index contributed by atoms with van der Waals surface area (Å²) in [5, 5.41) is 12.2. The summed E-state index contributed by atoms with van der Waals surface area (Å²) < 4.78 is 7.95. The van der Waals surface area contributed by atoms with Gasteiger partial charge in [-0.2, -0.15) is 5.10 Å². The van der Waals surface area contributed by atoms with Crippen molar-refractivity contribution in [3.63, 3.8) is 0 Å². The lowest BCUT2D eigenvalue weighted by molar-refractivity contribution is -0.124. The van der Waals surface area contributed by atoms with Crippen LogP contribution in [0.1, 0.15) is 52.0 Å². The quantitative estimate of drug-likeness (QED) is 0.277. The molecule has 2 aromatic heterocycles. The third kappa shape index (κ3) is 6.04. The molecule has 4 N–H and O–H groups in total. The number of nitrogen functional groups attached to an aromatic ring is 1. The van der Waals surface area contributed by atoms with Crippen molar-refractivity contribution in [3.05, 3.63) is 60.9 Å². The Morgan fingerprint density at radius 3 is 2.38 bits per heavy atom. The van der Waals surface area contributed by atoms with Crippen LogP contribution >= 0.6 is 0 Å². The second-order valence-electron chi connectivity index (χ2n) is 10.7. The lowest BCUT2D eigenvalue weighted by Gasteiger charge is -2.30. The van der Waals surface area contributed by atoms with Crippen LogP contribution in [0.25, 0.3) is 22.3 Å². The summed E-state index contributed by atoms with van der Waals surface area (Å²) in [7, 11) is 1.85. The highest BCUT2D eigenvalue weighted by Crippen LogP contribution is 2.36. The van der Waals surface area contributed by atoms with E-state index in [1.54, 1.807) is 0 Å². The summed E-state index contributed by atoms with van der Waals surface area (Å²) in [5.74, 6) is 2.47. The van der Waals surface area contributed by atoms with E-state index in [2.05, 4.69) is 34.4 Å². The Labute approximate surface area is 229 Å². The predicted octanol–water partition coefficient (Wildman–Crippen LogP) is 5.10. The maximum atomic E-state index is 12.8. The second kappa shape index (κ2) is 11.8. The number of rotatable bonds is 9. The molecular weight excluding hydrogens is 490 g/mol. The number of hydrogen-bond donors (Lipinski definition) is 3. The normalized spacial score (nSPS) is 18.3. The number of carbonyl (C=O) groups excluding carboxylic acids is 1. The van der Waals surface area contributed by atoms with Gasteiger partial charge in [-0.15, -0.1) is 0 Å². The minimum absolute atomic E-state index is 0.0849. The van der Waals surface area contributed by atoms with Gasteiger partial charge in [-0.25, -0.2) is 14.6 Å². The molecule has 2 aromatic carbocycles. The van der Waals surface area contributed by atoms with Gasteiger partial charge in [-0.05, 0) is 81.5 Å². The first-order chi connectivity index (χ1) is 18.9. The van der Waals surface area contributed by atoms with Gasteiger partial charge in [0.05, 0.1) is 17.5 Å². The highest BCUT2D eigenvalue weighted by atomic mass is 16.5. The number of anilines is 1. The van der Waals surface area contributed by atoms with Crippen molar-refractivity contribution in [1.82, 2.24) is 30.4 Å². The average molecular weight is 528 g/mol. The van der Waals surface area contributed by atoms with E-state index in [4.69, 9.17) is 15.6 Å². The van der Waals surface area contributed by atoms with Crippen molar-refractivity contribution in [1.29, 1.82) is 0 Å². The predicted molar refractivity (Wildman–Crippen MR) is 153 cm³/mol. The number of likely N-dealkylation sites (N-methyl/N-ethyl adjacent to an activating group) is 1. The molecule has 1 amide bonds. The van der Waals surface area contributed by atoms with Crippen LogP contribution in [0, 0.1) is 5.92 Å². The molecule has 5 rings (SSSR count). The van der Waals surface area contributed by atoms with Gasteiger partial charge in [0, 0.05) is 11.6 Å². The highest BCUT2D eigenvalue weighted by molar-refractivity contribution is 5.98. The maximum absolute atomic E-state index is 12.8. The van der Waals surface area contributed by atoms with Crippen molar-refractivity contribution in [2.75, 3.05) is 12.8 Å². The van der Waals surface area contributed by atoms with Gasteiger partial charge in [0.1, 0.15) is 29.3 Å². The third-order valence-electron chi connectivity index (χ3n) is 7.39. The van der Waals surface area contributed by atoms with E-state index in [1.807, 2.05) is 66.3 Å². The van der Waals surface area contributed by atoms with E-state index in [0.29, 0.717) is 11.7 Å². The topological polar surface area (TPSA) is 120 Å². The number of nitrogens with two attached hydrogens (primary N) is 1. The van der Waals surface area contributed by atoms with Gasteiger partial charge < -0.3 is 21.1 Å². The summed E-state index contributed by atoms with van der Waals surface area (Å²) in [6.07, 6.45) is 5.87. The molecule has 9 nitrogen and oxygen atoms in total. The maximum Gasteiger partial charge on any atom is 0.237 e. The number of aromatic nitrogens is 4. The van der Waals surface area contributed by atoms with Crippen LogP contribution in [0.15, 0.2) is 60.9 Å². The Morgan fingerprint density at radius 2 is 1.72 bits per heavy atom. The van der Waals surface area contributed by atoms with E-state index in [1.165, 1.54) is 6.33 Å². The van der Waals surface area contributed by atoms with Gasteiger partial charge in [0.2, 0.25) is 5.91 Å². The number of ether oxygens (including phenoxy) is 1. The summed E-state index contributed by atoms with van der Waals surface area (Å²) in [6, 6.07) is 17.7. The number of carbonyl (C=O) groups is 1. The van der Waals surface area contributed by atoms with Crippen molar-refractivity contribution in [2.24, 2.45) is 5.92 Å². The molecule has 0 saturated heterocycles. The van der Waals surface area contributed by atoms with Crippen molar-refractivity contribution < 1.29 is 9.53 Å². The number of amides is 1. The molecule has 0 unspecified atom stereocenters. The summed E-state index contributed by atoms with van der Waals surface area (Å²) in [6.45, 7) is 4.27. The molecule has 39 heavy (non-hydrogen) atoms. The van der Waals surface area contributed by atoms with Crippen molar-refractivity contribution >= 4 is 22.8 Å². The Hall–Kier alpha value is -3.98. The molecular formula is C30H37N7O2. The molecule has 1 fully saturated rings. The van der Waals surface area contributed by atoms with Crippen LogP contribution in [0.5, 0.6) is 11.5 Å². The molecule has 0 radical (unpaired) electrons. The zero-order valence-corrected chi connectivity index (χ0v) is 22.8. The Kier molecular flexibility index (Phi) is 8.07. The molecule has 0 spiro atoms. The Bertz CT molecular complexity index is 1390. The molecule has 1 atom stereocenters. The van der Waals surface area contributed by atoms with Crippen molar-refractivity contribution in [2.45, 2.75) is 64.1 Å². The molecule has 4 aromatic rings. The van der Waals surface area contributed by atoms with Gasteiger partial charge >= 0.3 is 0 Å². The number of para-hydroxylation sites is 1. The van der Waals surface area contributed by atoms with Crippen molar-refractivity contribution in [3.8, 4) is 22.8 Å². The minimum atomic E-state index is -0.163. The molecule has 1 aliphatic rings. The summed E-state index contributed by atoms with van der Waals surface area (Å²) in [5.41, 5.74) is 8.76. The molecule has 1 aliphatic carbocycles. The molecule has 9 heteroatoms. The van der Waals surface area contributed by atoms with Crippen LogP contribution in [-0.4, -0.2) is 44.8 Å². The number of benzene rings is 2. The number of fused-ring (bicyclic) bond motifs is 1. The fourth-order valence-electron chi connectivity index (χ4n) is 5.35. The molecule has 2 heterocycles. The van der Waals surface area contributed by atoms with Gasteiger partial charge in [-0.1, -0.05) is 32.0 Å². The van der Waals surface area contributed by atoms with Gasteiger partial charge in [0.15, 0.2) is 5.65 Å². The highest BCUT2D eigenvalue weighted by Gasteiger charge is 2.29. The largest absolute Gasteiger partial charge is 0.457 e. The SMILES string of the molecule is CN[C@@H](CC(C)C)C(=O)N[C@H]1CC[C@@H](n2nc(-c3ccc(Oc4ccccc4)cc3)c3c(N)ncnc32)CC1. The first kappa shape index (κ1) is 26.6. The van der Waals surface area contributed by atoms with E-state index in [9.17, 15) is 4.79 Å². The second-order valence-corrected chi connectivity index (χ2v) is 10.7. The van der Waals surface area contributed by atoms with E-state index >= 15 is 0 Å². The van der Waals surface area contributed by atoms with Crippen LogP contribution < -0.4 is 21.1 Å². The molecule has 0 aliphatic heterocycles. The van der Waals surface area contributed by atoms with E-state index in [-0.39, 0.29) is 24.0 Å². The smallest absolute Gasteiger partial charge is 0.237 e. The lowest BCUT2D eigenvalue weighted by Crippen LogP contribution is -2.48. The molecule has 0 bridgehead atoms. The van der Waals surface area contributed by atoms with Gasteiger partial charge in [-0.3, -0.25) is 4.79 Å².